The molecule has 168 valence electrons. The van der Waals surface area contributed by atoms with Crippen LogP contribution in [-0.4, -0.2) is 70.6 Å². The first-order valence-electron chi connectivity index (χ1n) is 7.93. The molecule has 3 heterocycles. The molecule has 3 rings (SSSR count). The molecule has 1 saturated heterocycles. The molecular weight excluding hydrogens is 500 g/mol. The van der Waals surface area contributed by atoms with Gasteiger partial charge in [-0.2, -0.15) is 0 Å². The Hall–Kier alpha value is -1.75. The summed E-state index contributed by atoms with van der Waals surface area (Å²) in [6.45, 7) is 3.56. The molecule has 14 nitrogen and oxygen atoms in total. The van der Waals surface area contributed by atoms with E-state index in [0.29, 0.717) is 11.3 Å². The number of fused-ring (bicyclic) bond motifs is 1. The van der Waals surface area contributed by atoms with Gasteiger partial charge in [0, 0.05) is 11.1 Å². The average Bonchev–Trinajstić information content (AvgIpc) is 3.09. The third kappa shape index (κ3) is 6.63. The van der Waals surface area contributed by atoms with Gasteiger partial charge in [0.1, 0.15) is 22.8 Å². The topological polar surface area (TPSA) is 239 Å². The first-order chi connectivity index (χ1) is 14.4. The largest absolute Gasteiger partial charge is 1.00 e. The number of nitrogens with two attached hydrogens (primary N) is 1. The van der Waals surface area contributed by atoms with Crippen LogP contribution in [0.15, 0.2) is 34.5 Å². The number of phosphoric acid groups is 1. The van der Waals surface area contributed by atoms with Crippen molar-refractivity contribution in [1.82, 2.24) is 15.2 Å². The summed E-state index contributed by atoms with van der Waals surface area (Å²) in [6, 6.07) is -0.944. The van der Waals surface area contributed by atoms with Crippen molar-refractivity contribution in [3.63, 3.8) is 0 Å². The fourth-order valence-electron chi connectivity index (χ4n) is 2.62. The molecule has 1 aromatic rings. The number of β-lactam (4-membered cyclic amide) rings is 1. The van der Waals surface area contributed by atoms with E-state index in [2.05, 4.69) is 22.0 Å². The number of amides is 2. The minimum absolute atomic E-state index is 0. The van der Waals surface area contributed by atoms with Gasteiger partial charge in [-0.25, -0.2) is 9.78 Å². The summed E-state index contributed by atoms with van der Waals surface area (Å²) < 4.78 is 8.77. The van der Waals surface area contributed by atoms with Gasteiger partial charge in [0.15, 0.2) is 10.8 Å². The summed E-state index contributed by atoms with van der Waals surface area (Å²) in [5.41, 5.74) is 5.49. The predicted octanol–water partition coefficient (Wildman–Crippen LogP) is -4.73. The molecule has 0 unspecified atom stereocenters. The van der Waals surface area contributed by atoms with E-state index >= 15 is 0 Å². The quantitative estimate of drug-likeness (QED) is 0.0541. The Balaban J connectivity index is 0.000000770. The number of carboxylic acid groups (broad SMARTS) is 1. The number of nitrogen functional groups attached to an aromatic ring is 1. The van der Waals surface area contributed by atoms with Crippen LogP contribution in [0.1, 0.15) is 5.69 Å². The van der Waals surface area contributed by atoms with Crippen molar-refractivity contribution in [1.29, 1.82) is 0 Å². The molecule has 0 aliphatic carbocycles. The van der Waals surface area contributed by atoms with E-state index in [0.717, 1.165) is 16.2 Å². The van der Waals surface area contributed by atoms with Crippen molar-refractivity contribution in [2.45, 2.75) is 11.4 Å². The maximum Gasteiger partial charge on any atom is 1.00 e. The van der Waals surface area contributed by atoms with Crippen LogP contribution in [0.5, 0.6) is 0 Å². The van der Waals surface area contributed by atoms with Crippen molar-refractivity contribution >= 4 is 59.5 Å². The summed E-state index contributed by atoms with van der Waals surface area (Å²) in [7, 11) is -4.89. The second kappa shape index (κ2) is 11.4. The Labute approximate surface area is 210 Å². The van der Waals surface area contributed by atoms with Gasteiger partial charge in [-0.3, -0.25) is 19.1 Å². The molecule has 0 radical (unpaired) electrons. The Morgan fingerprint density at radius 3 is 2.50 bits per heavy atom. The van der Waals surface area contributed by atoms with Crippen molar-refractivity contribution in [3.8, 4) is 0 Å². The van der Waals surface area contributed by atoms with Crippen LogP contribution in [0, 0.1) is 0 Å². The molecule has 0 aromatic carbocycles. The summed E-state index contributed by atoms with van der Waals surface area (Å²) in [6.07, 6.45) is 1.40. The number of carbonyl (C=O) groups excluding carboxylic acids is 2. The number of allylic oxidation sites excluding steroid dienone is 1. The molecule has 0 bridgehead atoms. The number of aliphatic carboxylic acids is 1. The van der Waals surface area contributed by atoms with Gasteiger partial charge in [0.05, 0.1) is 0 Å². The monoisotopic (exact) mass is 515 g/mol. The number of nitrogens with one attached hydrogen (secondary N) is 1. The number of rotatable bonds is 5. The standard InChI is InChI=1S/C14H13N5O5S2.Na.H3O4P/c1-2-5-3-25-12-8(11(21)19(12)9(5)13(22)23)17-10(20)7(18-24)6-4-26-14(15)16-6;;1-5(2,3)4/h2,4,8,12,24H,1,3H2,(H2,15,16)(H,17,20)(H,22,23);;(H3,1,2,3,4)/q;+1;/p-1/b18-7-;;/t8-,12-;;/m1../s1. The van der Waals surface area contributed by atoms with Crippen LogP contribution in [0.2, 0.25) is 0 Å². The van der Waals surface area contributed by atoms with Gasteiger partial charge in [-0.15, -0.1) is 23.1 Å². The van der Waals surface area contributed by atoms with Crippen LogP contribution in [0.25, 0.3) is 0 Å². The predicted molar refractivity (Wildman–Crippen MR) is 107 cm³/mol. The minimum Gasteiger partial charge on any atom is -0.756 e. The summed E-state index contributed by atoms with van der Waals surface area (Å²) in [5, 5.41) is 24.9. The zero-order valence-corrected chi connectivity index (χ0v) is 20.8. The van der Waals surface area contributed by atoms with Crippen molar-refractivity contribution < 1.29 is 73.5 Å². The average molecular weight is 515 g/mol. The number of thioether (sulfide) groups is 1. The van der Waals surface area contributed by atoms with Gasteiger partial charge in [-0.05, 0) is 5.57 Å². The molecule has 1 fully saturated rings. The first kappa shape index (κ1) is 28.3. The number of aromatic nitrogens is 1. The number of anilines is 1. The van der Waals surface area contributed by atoms with Crippen molar-refractivity contribution in [2.75, 3.05) is 11.5 Å². The first-order valence-corrected chi connectivity index (χ1v) is 11.4. The normalized spacial score (nSPS) is 20.2. The molecule has 0 saturated carbocycles. The molecule has 2 atom stereocenters. The fraction of sp³-hybridized carbons (Fsp3) is 0.214. The molecule has 32 heavy (non-hydrogen) atoms. The van der Waals surface area contributed by atoms with Crippen molar-refractivity contribution in [2.24, 2.45) is 5.16 Å². The number of carboxylic acids is 1. The van der Waals surface area contributed by atoms with Gasteiger partial charge < -0.3 is 36.0 Å². The second-order valence-electron chi connectivity index (χ2n) is 5.75. The zero-order chi connectivity index (χ0) is 23.5. The SMILES string of the molecule is C=CC1=C(C(=O)O)N2C(=O)[C@@H](NC(=O)/C(=N\O)c3csc(N)n3)[C@H]2SC1.O=P([O-])(O)O.[Na+]. The smallest absolute Gasteiger partial charge is 0.756 e. The molecule has 2 aliphatic rings. The van der Waals surface area contributed by atoms with Gasteiger partial charge >= 0.3 is 35.5 Å². The Morgan fingerprint density at radius 2 is 2.06 bits per heavy atom. The molecule has 2 aliphatic heterocycles. The number of oxime groups is 1. The van der Waals surface area contributed by atoms with Crippen LogP contribution in [-0.2, 0) is 18.9 Å². The van der Waals surface area contributed by atoms with E-state index in [1.54, 1.807) is 0 Å². The molecule has 18 heteroatoms. The van der Waals surface area contributed by atoms with Crippen LogP contribution < -0.4 is 45.5 Å². The van der Waals surface area contributed by atoms with E-state index < -0.39 is 37.0 Å². The third-order valence-electron chi connectivity index (χ3n) is 3.81. The minimum atomic E-state index is -4.89. The molecule has 7 N–H and O–H groups in total. The number of hydrogen-bond donors (Lipinski definition) is 6. The molecular formula is C14H15N5NaO9PS2. The Kier molecular flexibility index (Phi) is 10.1. The van der Waals surface area contributed by atoms with Crippen molar-refractivity contribution in [3.05, 3.63) is 35.0 Å². The summed E-state index contributed by atoms with van der Waals surface area (Å²) >= 11 is 2.37. The summed E-state index contributed by atoms with van der Waals surface area (Å²) in [5.74, 6) is -2.27. The van der Waals surface area contributed by atoms with E-state index in [1.165, 1.54) is 23.2 Å². The van der Waals surface area contributed by atoms with Crippen LogP contribution in [0.4, 0.5) is 5.13 Å². The molecule has 0 spiro atoms. The van der Waals surface area contributed by atoms with E-state index in [1.807, 2.05) is 0 Å². The maximum atomic E-state index is 12.4. The molecule has 1 aromatic heterocycles. The Bertz CT molecular complexity index is 1030. The maximum absolute atomic E-state index is 12.4. The zero-order valence-electron chi connectivity index (χ0n) is 16.2. The number of carbonyl (C=O) groups is 3. The Morgan fingerprint density at radius 1 is 1.47 bits per heavy atom. The second-order valence-corrected chi connectivity index (χ2v) is 8.73. The number of hydrogen-bond acceptors (Lipinski definition) is 11. The van der Waals surface area contributed by atoms with Gasteiger partial charge in [0.2, 0.25) is 0 Å². The number of thiazole rings is 1. The summed E-state index contributed by atoms with van der Waals surface area (Å²) in [4.78, 5) is 64.1. The van der Waals surface area contributed by atoms with Crippen LogP contribution >= 0.6 is 30.9 Å². The van der Waals surface area contributed by atoms with E-state index in [9.17, 15) is 19.5 Å². The fourth-order valence-corrected chi connectivity index (χ4v) is 4.51. The van der Waals surface area contributed by atoms with Gasteiger partial charge in [-0.1, -0.05) is 17.8 Å². The number of nitrogens with zero attached hydrogens (tertiary/aromatic N) is 3. The third-order valence-corrected chi connectivity index (χ3v) is 5.79. The van der Waals surface area contributed by atoms with Crippen LogP contribution in [0.3, 0.4) is 0 Å². The van der Waals surface area contributed by atoms with E-state index in [4.69, 9.17) is 30.2 Å². The van der Waals surface area contributed by atoms with E-state index in [-0.39, 0.29) is 51.8 Å². The van der Waals surface area contributed by atoms with Gasteiger partial charge in [0.25, 0.3) is 19.6 Å². The molecule has 2 amide bonds.